The fourth-order valence-electron chi connectivity index (χ4n) is 4.04. The topological polar surface area (TPSA) is 38.3 Å². The number of unbranched alkanes of at least 4 members (excludes halogenated alkanes) is 16. The molecule has 0 saturated carbocycles. The molecule has 3 heteroatoms. The van der Waals surface area contributed by atoms with Crippen LogP contribution >= 0.6 is 0 Å². The van der Waals surface area contributed by atoms with Gasteiger partial charge in [0.25, 0.3) is 5.91 Å². The number of nitrogens with one attached hydrogen (secondary N) is 1. The van der Waals surface area contributed by atoms with E-state index in [1.54, 1.807) is 0 Å². The Labute approximate surface area is 199 Å². The van der Waals surface area contributed by atoms with E-state index in [0.29, 0.717) is 5.56 Å². The second-order valence-corrected chi connectivity index (χ2v) is 9.29. The van der Waals surface area contributed by atoms with Crippen LogP contribution in [0.25, 0.3) is 0 Å². The van der Waals surface area contributed by atoms with Crippen LogP contribution in [0.5, 0.6) is 5.75 Å². The molecule has 184 valence electrons. The maximum atomic E-state index is 12.3. The molecule has 1 N–H and O–H groups in total. The van der Waals surface area contributed by atoms with E-state index in [2.05, 4.69) is 19.2 Å². The Balaban J connectivity index is 1.93. The maximum absolute atomic E-state index is 12.3. The molecule has 0 aliphatic carbocycles. The van der Waals surface area contributed by atoms with Gasteiger partial charge in [0.2, 0.25) is 0 Å². The minimum atomic E-state index is 0.0224. The van der Waals surface area contributed by atoms with Crippen molar-refractivity contribution in [1.29, 1.82) is 0 Å². The van der Waals surface area contributed by atoms with Gasteiger partial charge in [0.1, 0.15) is 5.75 Å². The quantitative estimate of drug-likeness (QED) is 0.181. The molecule has 0 atom stereocenters. The second kappa shape index (κ2) is 21.3. The molecule has 0 bridgehead atoms. The smallest absolute Gasteiger partial charge is 0.251 e. The van der Waals surface area contributed by atoms with Crippen molar-refractivity contribution in [3.63, 3.8) is 0 Å². The molecule has 1 rings (SSSR count). The molecule has 0 aliphatic heterocycles. The minimum Gasteiger partial charge on any atom is -0.494 e. The molecule has 0 unspecified atom stereocenters. The molecule has 1 aromatic carbocycles. The van der Waals surface area contributed by atoms with E-state index in [1.807, 2.05) is 24.3 Å². The van der Waals surface area contributed by atoms with Crippen LogP contribution < -0.4 is 10.1 Å². The minimum absolute atomic E-state index is 0.0224. The van der Waals surface area contributed by atoms with Gasteiger partial charge < -0.3 is 10.1 Å². The van der Waals surface area contributed by atoms with E-state index in [-0.39, 0.29) is 5.91 Å². The molecule has 0 fully saturated rings. The Bertz CT molecular complexity index is 541. The third-order valence-electron chi connectivity index (χ3n) is 6.20. The molecular formula is C29H51NO2. The SMILES string of the molecule is CCCCCCCCCCCCCCCCNC(=O)c1ccc(OCCCCCC)cc1. The zero-order chi connectivity index (χ0) is 23.1. The van der Waals surface area contributed by atoms with Crippen LogP contribution in [-0.2, 0) is 0 Å². The van der Waals surface area contributed by atoms with Gasteiger partial charge in [-0.05, 0) is 37.1 Å². The molecule has 0 radical (unpaired) electrons. The molecule has 32 heavy (non-hydrogen) atoms. The lowest BCUT2D eigenvalue weighted by Gasteiger charge is -2.08. The van der Waals surface area contributed by atoms with Gasteiger partial charge in [-0.15, -0.1) is 0 Å². The summed E-state index contributed by atoms with van der Waals surface area (Å²) in [5.74, 6) is 0.874. The maximum Gasteiger partial charge on any atom is 0.251 e. The lowest BCUT2D eigenvalue weighted by atomic mass is 10.0. The summed E-state index contributed by atoms with van der Waals surface area (Å²) in [7, 11) is 0. The van der Waals surface area contributed by atoms with Crippen LogP contribution in [0.4, 0.5) is 0 Å². The monoisotopic (exact) mass is 445 g/mol. The first kappa shape index (κ1) is 28.5. The van der Waals surface area contributed by atoms with Crippen molar-refractivity contribution >= 4 is 5.91 Å². The lowest BCUT2D eigenvalue weighted by molar-refractivity contribution is 0.0953. The van der Waals surface area contributed by atoms with Crippen molar-refractivity contribution in [1.82, 2.24) is 5.32 Å². The van der Waals surface area contributed by atoms with E-state index in [9.17, 15) is 4.79 Å². The molecule has 0 heterocycles. The first-order chi connectivity index (χ1) is 15.8. The van der Waals surface area contributed by atoms with E-state index < -0.39 is 0 Å². The second-order valence-electron chi connectivity index (χ2n) is 9.29. The molecule has 0 aromatic heterocycles. The molecule has 3 nitrogen and oxygen atoms in total. The summed E-state index contributed by atoms with van der Waals surface area (Å²) in [5.41, 5.74) is 0.716. The molecule has 1 amide bonds. The molecular weight excluding hydrogens is 394 g/mol. The number of hydrogen-bond donors (Lipinski definition) is 1. The van der Waals surface area contributed by atoms with Crippen LogP contribution in [0.1, 0.15) is 140 Å². The standard InChI is InChI=1S/C29H51NO2/c1-3-5-7-9-10-11-12-13-14-15-16-17-18-19-25-30-29(31)27-21-23-28(24-22-27)32-26-20-8-6-4-2/h21-24H,3-20,25-26H2,1-2H3,(H,30,31). The van der Waals surface area contributed by atoms with Gasteiger partial charge in [-0.25, -0.2) is 0 Å². The van der Waals surface area contributed by atoms with E-state index >= 15 is 0 Å². The Morgan fingerprint density at radius 1 is 0.625 bits per heavy atom. The van der Waals surface area contributed by atoms with E-state index in [4.69, 9.17) is 4.74 Å². The summed E-state index contributed by atoms with van der Waals surface area (Å²) in [6, 6.07) is 7.53. The van der Waals surface area contributed by atoms with Gasteiger partial charge in [0, 0.05) is 12.1 Å². The summed E-state index contributed by atoms with van der Waals surface area (Å²) < 4.78 is 5.75. The highest BCUT2D eigenvalue weighted by atomic mass is 16.5. The average molecular weight is 446 g/mol. The fourth-order valence-corrected chi connectivity index (χ4v) is 4.04. The van der Waals surface area contributed by atoms with Crippen molar-refractivity contribution in [3.05, 3.63) is 29.8 Å². The third kappa shape index (κ3) is 16.2. The Morgan fingerprint density at radius 3 is 1.56 bits per heavy atom. The van der Waals surface area contributed by atoms with Gasteiger partial charge in [-0.1, -0.05) is 117 Å². The van der Waals surface area contributed by atoms with Gasteiger partial charge >= 0.3 is 0 Å². The highest BCUT2D eigenvalue weighted by Crippen LogP contribution is 2.14. The summed E-state index contributed by atoms with van der Waals surface area (Å²) in [4.78, 5) is 12.3. The van der Waals surface area contributed by atoms with Gasteiger partial charge in [0.05, 0.1) is 6.61 Å². The molecule has 0 saturated heterocycles. The van der Waals surface area contributed by atoms with Crippen LogP contribution in [-0.4, -0.2) is 19.1 Å². The largest absolute Gasteiger partial charge is 0.494 e. The first-order valence-electron chi connectivity index (χ1n) is 13.8. The molecule has 0 aliphatic rings. The first-order valence-corrected chi connectivity index (χ1v) is 13.8. The molecule has 0 spiro atoms. The van der Waals surface area contributed by atoms with Crippen molar-refractivity contribution in [2.45, 2.75) is 129 Å². The Morgan fingerprint density at radius 2 is 1.06 bits per heavy atom. The summed E-state index contributed by atoms with van der Waals surface area (Å²) in [6.07, 6.45) is 23.8. The number of hydrogen-bond acceptors (Lipinski definition) is 2. The zero-order valence-corrected chi connectivity index (χ0v) is 21.3. The predicted octanol–water partition coefficient (Wildman–Crippen LogP) is 8.86. The van der Waals surface area contributed by atoms with Crippen LogP contribution in [0.2, 0.25) is 0 Å². The Hall–Kier alpha value is -1.51. The number of carbonyl (C=O) groups is 1. The van der Waals surface area contributed by atoms with Crippen molar-refractivity contribution in [2.24, 2.45) is 0 Å². The van der Waals surface area contributed by atoms with Crippen LogP contribution in [0, 0.1) is 0 Å². The predicted molar refractivity (Wildman–Crippen MR) is 139 cm³/mol. The molecule has 1 aromatic rings. The highest BCUT2D eigenvalue weighted by molar-refractivity contribution is 5.94. The van der Waals surface area contributed by atoms with Crippen molar-refractivity contribution < 1.29 is 9.53 Å². The Kier molecular flexibility index (Phi) is 19.0. The normalized spacial score (nSPS) is 10.9. The average Bonchev–Trinajstić information content (AvgIpc) is 2.81. The third-order valence-corrected chi connectivity index (χ3v) is 6.20. The van der Waals surface area contributed by atoms with Crippen LogP contribution in [0.15, 0.2) is 24.3 Å². The van der Waals surface area contributed by atoms with E-state index in [1.165, 1.54) is 103 Å². The van der Waals surface area contributed by atoms with E-state index in [0.717, 1.165) is 31.7 Å². The van der Waals surface area contributed by atoms with Gasteiger partial charge in [-0.2, -0.15) is 0 Å². The van der Waals surface area contributed by atoms with Crippen molar-refractivity contribution in [2.75, 3.05) is 13.2 Å². The summed E-state index contributed by atoms with van der Waals surface area (Å²) in [5, 5.41) is 3.05. The highest BCUT2D eigenvalue weighted by Gasteiger charge is 2.05. The fraction of sp³-hybridized carbons (Fsp3) is 0.759. The number of rotatable bonds is 22. The van der Waals surface area contributed by atoms with Gasteiger partial charge in [-0.3, -0.25) is 4.79 Å². The number of benzene rings is 1. The number of ether oxygens (including phenoxy) is 1. The number of amides is 1. The lowest BCUT2D eigenvalue weighted by Crippen LogP contribution is -2.24. The summed E-state index contributed by atoms with van der Waals surface area (Å²) >= 11 is 0. The number of carbonyl (C=O) groups excluding carboxylic acids is 1. The zero-order valence-electron chi connectivity index (χ0n) is 21.3. The van der Waals surface area contributed by atoms with Gasteiger partial charge in [0.15, 0.2) is 0 Å². The summed E-state index contributed by atoms with van der Waals surface area (Å²) in [6.45, 7) is 6.02. The van der Waals surface area contributed by atoms with Crippen LogP contribution in [0.3, 0.4) is 0 Å². The van der Waals surface area contributed by atoms with Crippen molar-refractivity contribution in [3.8, 4) is 5.75 Å².